The SMILES string of the molecule is c1cc(-c2ccc(-c3cccc4ccccc34)cc2)cc(N(c2ccc(-c3ccccc3-n3c4ccccc4c4ccccc43)cc2)c2ccccc2-c2ccc3sc4ccccc4c3c2)c1. The molecule has 0 atom stereocenters. The number of para-hydroxylation sites is 4. The molecule has 0 aliphatic heterocycles. The van der Waals surface area contributed by atoms with Crippen LogP contribution < -0.4 is 4.90 Å². The van der Waals surface area contributed by atoms with Gasteiger partial charge < -0.3 is 9.47 Å². The van der Waals surface area contributed by atoms with E-state index in [4.69, 9.17) is 0 Å². The van der Waals surface area contributed by atoms with Gasteiger partial charge in [0.1, 0.15) is 0 Å². The molecule has 314 valence electrons. The zero-order valence-electron chi connectivity index (χ0n) is 36.6. The van der Waals surface area contributed by atoms with Crippen molar-refractivity contribution in [2.75, 3.05) is 4.90 Å². The van der Waals surface area contributed by atoms with E-state index in [1.807, 2.05) is 11.3 Å². The van der Waals surface area contributed by atoms with Crippen molar-refractivity contribution in [3.05, 3.63) is 255 Å². The van der Waals surface area contributed by atoms with Gasteiger partial charge in [0.05, 0.1) is 22.4 Å². The highest BCUT2D eigenvalue weighted by Gasteiger charge is 2.20. The van der Waals surface area contributed by atoms with Gasteiger partial charge in [-0.2, -0.15) is 0 Å². The molecule has 2 nitrogen and oxygen atoms in total. The van der Waals surface area contributed by atoms with Gasteiger partial charge in [-0.05, 0) is 111 Å². The molecule has 13 rings (SSSR count). The average Bonchev–Trinajstić information content (AvgIpc) is 3.95. The first-order chi connectivity index (χ1) is 33.2. The van der Waals surface area contributed by atoms with E-state index < -0.39 is 0 Å². The number of thiophene rings is 1. The van der Waals surface area contributed by atoms with Crippen LogP contribution in [-0.2, 0) is 0 Å². The molecule has 0 amide bonds. The van der Waals surface area contributed by atoms with Gasteiger partial charge in [0.25, 0.3) is 0 Å². The molecular weight excluding hydrogens is 829 g/mol. The van der Waals surface area contributed by atoms with Crippen molar-refractivity contribution in [2.24, 2.45) is 0 Å². The molecule has 0 fully saturated rings. The fourth-order valence-electron chi connectivity index (χ4n) is 10.3. The summed E-state index contributed by atoms with van der Waals surface area (Å²) in [5.41, 5.74) is 16.3. The summed E-state index contributed by atoms with van der Waals surface area (Å²) in [5.74, 6) is 0. The minimum absolute atomic E-state index is 1.08. The van der Waals surface area contributed by atoms with E-state index in [1.165, 1.54) is 86.1 Å². The number of hydrogen-bond donors (Lipinski definition) is 0. The molecule has 3 heteroatoms. The van der Waals surface area contributed by atoms with Crippen molar-refractivity contribution in [3.63, 3.8) is 0 Å². The largest absolute Gasteiger partial charge is 0.310 e. The minimum Gasteiger partial charge on any atom is -0.310 e. The summed E-state index contributed by atoms with van der Waals surface area (Å²) >= 11 is 1.86. The maximum atomic E-state index is 2.43. The Hall–Kier alpha value is -8.50. The lowest BCUT2D eigenvalue weighted by Crippen LogP contribution is -2.11. The highest BCUT2D eigenvalue weighted by Crippen LogP contribution is 2.45. The smallest absolute Gasteiger partial charge is 0.0541 e. The Morgan fingerprint density at radius 1 is 0.299 bits per heavy atom. The quantitative estimate of drug-likeness (QED) is 0.148. The van der Waals surface area contributed by atoms with Gasteiger partial charge in [0, 0.05) is 53.4 Å². The molecule has 67 heavy (non-hydrogen) atoms. The van der Waals surface area contributed by atoms with Crippen LogP contribution in [-0.4, -0.2) is 4.57 Å². The second-order valence-corrected chi connectivity index (χ2v) is 18.3. The molecule has 0 radical (unpaired) electrons. The summed E-state index contributed by atoms with van der Waals surface area (Å²) in [6, 6.07) is 93.2. The number of rotatable bonds is 8. The Labute approximate surface area is 393 Å². The Morgan fingerprint density at radius 3 is 1.66 bits per heavy atom. The van der Waals surface area contributed by atoms with E-state index in [1.54, 1.807) is 0 Å². The van der Waals surface area contributed by atoms with Gasteiger partial charge >= 0.3 is 0 Å². The van der Waals surface area contributed by atoms with E-state index in [0.29, 0.717) is 0 Å². The van der Waals surface area contributed by atoms with Crippen LogP contribution in [0, 0.1) is 0 Å². The summed E-state index contributed by atoms with van der Waals surface area (Å²) in [6.45, 7) is 0. The Bertz CT molecular complexity index is 3930. The number of aromatic nitrogens is 1. The second-order valence-electron chi connectivity index (χ2n) is 17.2. The van der Waals surface area contributed by atoms with Crippen molar-refractivity contribution < 1.29 is 0 Å². The minimum atomic E-state index is 1.08. The molecule has 0 bridgehead atoms. The van der Waals surface area contributed by atoms with Gasteiger partial charge in [-0.25, -0.2) is 0 Å². The summed E-state index contributed by atoms with van der Waals surface area (Å²) in [4.78, 5) is 2.43. The number of fused-ring (bicyclic) bond motifs is 7. The monoisotopic (exact) mass is 870 g/mol. The van der Waals surface area contributed by atoms with Crippen molar-refractivity contribution in [3.8, 4) is 50.2 Å². The molecule has 0 saturated carbocycles. The molecule has 2 aromatic heterocycles. The zero-order chi connectivity index (χ0) is 44.3. The van der Waals surface area contributed by atoms with Gasteiger partial charge in [0.2, 0.25) is 0 Å². The zero-order valence-corrected chi connectivity index (χ0v) is 37.4. The van der Waals surface area contributed by atoms with E-state index in [-0.39, 0.29) is 0 Å². The van der Waals surface area contributed by atoms with Crippen LogP contribution in [0.1, 0.15) is 0 Å². The lowest BCUT2D eigenvalue weighted by Gasteiger charge is -2.28. The maximum Gasteiger partial charge on any atom is 0.0541 e. The van der Waals surface area contributed by atoms with Crippen molar-refractivity contribution in [2.45, 2.75) is 0 Å². The normalized spacial score (nSPS) is 11.6. The van der Waals surface area contributed by atoms with Crippen LogP contribution in [0.15, 0.2) is 255 Å². The number of anilines is 3. The van der Waals surface area contributed by atoms with Crippen LogP contribution >= 0.6 is 11.3 Å². The third kappa shape index (κ3) is 6.71. The van der Waals surface area contributed by atoms with Crippen molar-refractivity contribution >= 4 is 81.1 Å². The average molecular weight is 871 g/mol. The molecule has 0 unspecified atom stereocenters. The molecule has 0 N–H and O–H groups in total. The third-order valence-corrected chi connectivity index (χ3v) is 14.6. The summed E-state index contributed by atoms with van der Waals surface area (Å²) in [5, 5.41) is 7.62. The highest BCUT2D eigenvalue weighted by molar-refractivity contribution is 7.25. The van der Waals surface area contributed by atoms with Crippen LogP contribution in [0.5, 0.6) is 0 Å². The topological polar surface area (TPSA) is 8.17 Å². The second kappa shape index (κ2) is 16.2. The summed E-state index contributed by atoms with van der Waals surface area (Å²) in [7, 11) is 0. The van der Waals surface area contributed by atoms with Gasteiger partial charge in [-0.3, -0.25) is 0 Å². The lowest BCUT2D eigenvalue weighted by atomic mass is 9.96. The van der Waals surface area contributed by atoms with Gasteiger partial charge in [-0.15, -0.1) is 11.3 Å². The Kier molecular flexibility index (Phi) is 9.40. The Morgan fingerprint density at radius 2 is 0.851 bits per heavy atom. The first-order valence-corrected chi connectivity index (χ1v) is 23.7. The van der Waals surface area contributed by atoms with Crippen molar-refractivity contribution in [1.29, 1.82) is 0 Å². The number of nitrogens with zero attached hydrogens (tertiary/aromatic N) is 2. The summed E-state index contributed by atoms with van der Waals surface area (Å²) < 4.78 is 5.03. The highest BCUT2D eigenvalue weighted by atomic mass is 32.1. The number of benzene rings is 11. The van der Waals surface area contributed by atoms with Crippen molar-refractivity contribution in [1.82, 2.24) is 4.57 Å². The third-order valence-electron chi connectivity index (χ3n) is 13.4. The van der Waals surface area contributed by atoms with Crippen LogP contribution in [0.2, 0.25) is 0 Å². The lowest BCUT2D eigenvalue weighted by molar-refractivity contribution is 1.18. The van der Waals surface area contributed by atoms with Gasteiger partial charge in [0.15, 0.2) is 0 Å². The van der Waals surface area contributed by atoms with E-state index in [9.17, 15) is 0 Å². The predicted octanol–water partition coefficient (Wildman–Crippen LogP) is 18.4. The van der Waals surface area contributed by atoms with Crippen LogP contribution in [0.4, 0.5) is 17.1 Å². The maximum absolute atomic E-state index is 2.43. The van der Waals surface area contributed by atoms with E-state index >= 15 is 0 Å². The fraction of sp³-hybridized carbons (Fsp3) is 0. The van der Waals surface area contributed by atoms with E-state index in [2.05, 4.69) is 264 Å². The molecular formula is C64H42N2S. The fourth-order valence-corrected chi connectivity index (χ4v) is 11.3. The molecule has 0 saturated heterocycles. The van der Waals surface area contributed by atoms with E-state index in [0.717, 1.165) is 33.9 Å². The number of hydrogen-bond acceptors (Lipinski definition) is 2. The molecule has 2 heterocycles. The molecule has 0 aliphatic carbocycles. The molecule has 0 aliphatic rings. The first-order valence-electron chi connectivity index (χ1n) is 22.9. The van der Waals surface area contributed by atoms with Crippen LogP contribution in [0.3, 0.4) is 0 Å². The first kappa shape index (κ1) is 38.9. The predicted molar refractivity (Wildman–Crippen MR) is 288 cm³/mol. The molecule has 0 spiro atoms. The summed E-state index contributed by atoms with van der Waals surface area (Å²) in [6.07, 6.45) is 0. The van der Waals surface area contributed by atoms with Gasteiger partial charge in [-0.1, -0.05) is 188 Å². The molecule has 11 aromatic carbocycles. The molecule has 13 aromatic rings. The Balaban J connectivity index is 0.941. The standard InChI is InChI=1S/C64H42N2S/c1-2-19-51-44(15-1)16-14-25-52(51)45-33-31-43(32-34-45)47-17-13-18-50(41-47)65(59-26-8-4-21-54(59)48-37-40-64-58(42-48)57-24-7-12-30-63(57)67-64)49-38-35-46(36-39-49)53-20-3-9-27-60(53)66-61-28-10-5-22-55(61)56-23-6-11-29-62(56)66/h1-42H. The van der Waals surface area contributed by atoms with Crippen LogP contribution in [0.25, 0.3) is 103 Å².